The van der Waals surface area contributed by atoms with Gasteiger partial charge in [0.15, 0.2) is 0 Å². The Hall–Kier alpha value is -5.65. The molecule has 0 bridgehead atoms. The summed E-state index contributed by atoms with van der Waals surface area (Å²) in [7, 11) is 1.86. The molecule has 11 heteroatoms. The van der Waals surface area contributed by atoms with E-state index >= 15 is 0 Å². The van der Waals surface area contributed by atoms with E-state index in [0.29, 0.717) is 23.5 Å². The summed E-state index contributed by atoms with van der Waals surface area (Å²) in [4.78, 5) is 35.4. The van der Waals surface area contributed by atoms with Crippen molar-refractivity contribution in [1.82, 2.24) is 0 Å². The lowest BCUT2D eigenvalue weighted by molar-refractivity contribution is -0.105. The number of carboxylic acid groups (broad SMARTS) is 2. The van der Waals surface area contributed by atoms with Gasteiger partial charge in [0.05, 0.1) is 22.5 Å². The molecule has 0 radical (unpaired) electrons. The second kappa shape index (κ2) is 15.6. The van der Waals surface area contributed by atoms with Gasteiger partial charge in [-0.05, 0) is 106 Å². The van der Waals surface area contributed by atoms with Crippen molar-refractivity contribution >= 4 is 86.5 Å². The second-order valence-electron chi connectivity index (χ2n) is 10.1. The third kappa shape index (κ3) is 8.54. The van der Waals surface area contributed by atoms with E-state index < -0.39 is 11.9 Å². The van der Waals surface area contributed by atoms with Crippen LogP contribution in [0.5, 0.6) is 0 Å². The molecule has 6 aromatic carbocycles. The second-order valence-corrected chi connectivity index (χ2v) is 11.8. The number of rotatable bonds is 11. The number of nitrogens with one attached hydrogen (secondary N) is 4. The van der Waals surface area contributed by atoms with Gasteiger partial charge in [-0.15, -0.1) is 0 Å². The molecule has 0 aliphatic heterocycles. The fourth-order valence-electron chi connectivity index (χ4n) is 4.66. The molecule has 6 N–H and O–H groups in total. The van der Waals surface area contributed by atoms with Gasteiger partial charge in [0.25, 0.3) is 0 Å². The molecule has 6 aromatic rings. The molecule has 0 aliphatic rings. The summed E-state index contributed by atoms with van der Waals surface area (Å²) in [6.07, 6.45) is 0.614. The van der Waals surface area contributed by atoms with E-state index in [0.717, 1.165) is 37.0 Å². The van der Waals surface area contributed by atoms with Gasteiger partial charge in [-0.3, -0.25) is 4.79 Å². The number of hydrogen-bond donors (Lipinski definition) is 6. The molecule has 47 heavy (non-hydrogen) atoms. The van der Waals surface area contributed by atoms with Gasteiger partial charge >= 0.3 is 11.9 Å². The standard InChI is InChI=1S/C18H14N2O3S.C18H16N2O2S/c21-11-19-14-6-3-7-15(10-14)24-20-17-9-13-5-2-1-4-12(13)8-16(17)18(22)23;1-19-14-7-4-8-15(11-14)23-20-17-10-13-6-3-2-5-12(13)9-16(17)18(21)22/h1-11,20H,(H,19,21)(H,22,23);2-11,19-20H,1H3,(H,21,22). The van der Waals surface area contributed by atoms with Crippen molar-refractivity contribution < 1.29 is 24.6 Å². The Kier molecular flexibility index (Phi) is 10.8. The van der Waals surface area contributed by atoms with Crippen LogP contribution in [-0.2, 0) is 4.79 Å². The van der Waals surface area contributed by atoms with Crippen LogP contribution in [0.15, 0.2) is 131 Å². The summed E-state index contributed by atoms with van der Waals surface area (Å²) in [5.74, 6) is -1.93. The van der Waals surface area contributed by atoms with E-state index in [1.807, 2.05) is 104 Å². The molecule has 0 saturated carbocycles. The molecule has 0 atom stereocenters. The Morgan fingerprint density at radius 2 is 1.00 bits per heavy atom. The first-order chi connectivity index (χ1) is 22.8. The Morgan fingerprint density at radius 3 is 1.43 bits per heavy atom. The van der Waals surface area contributed by atoms with Gasteiger partial charge in [0.1, 0.15) is 0 Å². The highest BCUT2D eigenvalue weighted by Gasteiger charge is 2.13. The van der Waals surface area contributed by atoms with E-state index in [1.165, 1.54) is 23.9 Å². The summed E-state index contributed by atoms with van der Waals surface area (Å²) >= 11 is 2.67. The number of carbonyl (C=O) groups excluding carboxylic acids is 1. The van der Waals surface area contributed by atoms with Crippen LogP contribution in [0.3, 0.4) is 0 Å². The Labute approximate surface area is 279 Å². The first-order valence-corrected chi connectivity index (χ1v) is 15.9. The Balaban J connectivity index is 0.000000185. The van der Waals surface area contributed by atoms with Crippen LogP contribution in [0.1, 0.15) is 20.7 Å². The Morgan fingerprint density at radius 1 is 0.574 bits per heavy atom. The number of carboxylic acids is 2. The van der Waals surface area contributed by atoms with Crippen molar-refractivity contribution in [2.45, 2.75) is 9.79 Å². The summed E-state index contributed by atoms with van der Waals surface area (Å²) in [5, 5.41) is 28.3. The average molecular weight is 663 g/mol. The number of hydrogen-bond acceptors (Lipinski definition) is 8. The fourth-order valence-corrected chi connectivity index (χ4v) is 6.12. The minimum absolute atomic E-state index is 0.211. The average Bonchev–Trinajstić information content (AvgIpc) is 3.09. The largest absolute Gasteiger partial charge is 0.478 e. The van der Waals surface area contributed by atoms with Crippen LogP contribution >= 0.6 is 23.9 Å². The normalized spacial score (nSPS) is 10.4. The van der Waals surface area contributed by atoms with Crippen molar-refractivity contribution in [3.8, 4) is 0 Å². The predicted octanol–water partition coefficient (Wildman–Crippen LogP) is 8.92. The van der Waals surface area contributed by atoms with Crippen LogP contribution in [-0.4, -0.2) is 35.6 Å². The van der Waals surface area contributed by atoms with Gasteiger partial charge < -0.3 is 30.3 Å². The molecule has 0 aromatic heterocycles. The molecule has 0 unspecified atom stereocenters. The maximum atomic E-state index is 11.5. The highest BCUT2D eigenvalue weighted by atomic mass is 32.2. The number of benzene rings is 6. The lowest BCUT2D eigenvalue weighted by Crippen LogP contribution is -2.02. The molecule has 0 saturated heterocycles. The molecule has 0 fully saturated rings. The minimum atomic E-state index is -0.986. The number of anilines is 4. The summed E-state index contributed by atoms with van der Waals surface area (Å²) < 4.78 is 6.25. The SMILES string of the molecule is CNc1cccc(SNc2cc3ccccc3cc2C(=O)O)c1.O=CNc1cccc(SNc2cc3ccccc3cc2C(=O)O)c1. The lowest BCUT2D eigenvalue weighted by atomic mass is 10.1. The third-order valence-electron chi connectivity index (χ3n) is 6.97. The molecular formula is C36H30N4O5S2. The van der Waals surface area contributed by atoms with Gasteiger partial charge in [-0.2, -0.15) is 0 Å². The number of carbonyl (C=O) groups is 3. The highest BCUT2D eigenvalue weighted by molar-refractivity contribution is 8.00. The smallest absolute Gasteiger partial charge is 0.337 e. The molecule has 6 rings (SSSR count). The van der Waals surface area contributed by atoms with Crippen LogP contribution < -0.4 is 20.1 Å². The van der Waals surface area contributed by atoms with Gasteiger partial charge in [-0.25, -0.2) is 9.59 Å². The zero-order valence-electron chi connectivity index (χ0n) is 25.1. The topological polar surface area (TPSA) is 140 Å². The van der Waals surface area contributed by atoms with Crippen molar-refractivity contribution in [2.24, 2.45) is 0 Å². The van der Waals surface area contributed by atoms with Crippen molar-refractivity contribution in [2.75, 3.05) is 27.1 Å². The third-order valence-corrected chi connectivity index (χ3v) is 8.60. The summed E-state index contributed by atoms with van der Waals surface area (Å²) in [6.45, 7) is 0. The molecule has 236 valence electrons. The minimum Gasteiger partial charge on any atom is -0.478 e. The maximum absolute atomic E-state index is 11.5. The van der Waals surface area contributed by atoms with Crippen LogP contribution in [0.2, 0.25) is 0 Å². The number of aromatic carboxylic acids is 2. The first-order valence-electron chi connectivity index (χ1n) is 14.3. The van der Waals surface area contributed by atoms with Gasteiger partial charge in [0, 0.05) is 28.2 Å². The quantitative estimate of drug-likeness (QED) is 0.0589. The molecule has 0 spiro atoms. The van der Waals surface area contributed by atoms with E-state index in [2.05, 4.69) is 20.1 Å². The van der Waals surface area contributed by atoms with E-state index in [4.69, 9.17) is 0 Å². The number of fused-ring (bicyclic) bond motifs is 2. The predicted molar refractivity (Wildman–Crippen MR) is 193 cm³/mol. The molecule has 1 amide bonds. The fraction of sp³-hybridized carbons (Fsp3) is 0.0278. The van der Waals surface area contributed by atoms with Crippen molar-refractivity contribution in [3.63, 3.8) is 0 Å². The summed E-state index contributed by atoms with van der Waals surface area (Å²) in [6, 6.07) is 37.5. The van der Waals surface area contributed by atoms with Gasteiger partial charge in [-0.1, -0.05) is 60.7 Å². The monoisotopic (exact) mass is 662 g/mol. The molecule has 0 aliphatic carbocycles. The van der Waals surface area contributed by atoms with Crippen molar-refractivity contribution in [3.05, 3.63) is 132 Å². The van der Waals surface area contributed by atoms with Crippen molar-refractivity contribution in [1.29, 1.82) is 0 Å². The highest BCUT2D eigenvalue weighted by Crippen LogP contribution is 2.31. The zero-order valence-corrected chi connectivity index (χ0v) is 26.7. The molecule has 0 heterocycles. The summed E-state index contributed by atoms with van der Waals surface area (Å²) in [5.41, 5.74) is 3.28. The van der Waals surface area contributed by atoms with E-state index in [-0.39, 0.29) is 11.1 Å². The van der Waals surface area contributed by atoms with Crippen LogP contribution in [0, 0.1) is 0 Å². The first kappa shape index (κ1) is 32.7. The Bertz CT molecular complexity index is 2070. The van der Waals surface area contributed by atoms with Crippen LogP contribution in [0.25, 0.3) is 21.5 Å². The number of amides is 1. The molecule has 9 nitrogen and oxygen atoms in total. The zero-order chi connectivity index (χ0) is 33.2. The van der Waals surface area contributed by atoms with E-state index in [1.54, 1.807) is 24.3 Å². The van der Waals surface area contributed by atoms with E-state index in [9.17, 15) is 24.6 Å². The lowest BCUT2D eigenvalue weighted by Gasteiger charge is -2.11. The molecular weight excluding hydrogens is 633 g/mol. The van der Waals surface area contributed by atoms with Gasteiger partial charge in [0.2, 0.25) is 6.41 Å². The van der Waals surface area contributed by atoms with Crippen LogP contribution in [0.4, 0.5) is 22.7 Å². The maximum Gasteiger partial charge on any atom is 0.337 e.